The van der Waals surface area contributed by atoms with E-state index in [1.807, 2.05) is 0 Å². The molecular weight excluding hydrogens is 140 g/mol. The van der Waals surface area contributed by atoms with E-state index in [4.69, 9.17) is 0 Å². The third kappa shape index (κ3) is 1.94. The molecule has 0 aromatic rings. The van der Waals surface area contributed by atoms with Crippen LogP contribution < -0.4 is 0 Å². The van der Waals surface area contributed by atoms with Gasteiger partial charge in [0.05, 0.1) is 0 Å². The Morgan fingerprint density at radius 2 is 2.38 bits per heavy atom. The Bertz CT molecular complexity index is 130. The smallest absolute Gasteiger partial charge is 0.567 e. The molecule has 8 heavy (non-hydrogen) atoms. The van der Waals surface area contributed by atoms with Crippen LogP contribution in [0.25, 0.3) is 0 Å². The van der Waals surface area contributed by atoms with Gasteiger partial charge in [-0.25, -0.2) is 0 Å². The maximum Gasteiger partial charge on any atom is 0.567 e. The maximum absolute atomic E-state index is 10.3. The number of rotatable bonds is 3. The summed E-state index contributed by atoms with van der Waals surface area (Å²) in [6.45, 7) is 3.14. The molecule has 0 aromatic heterocycles. The summed E-state index contributed by atoms with van der Waals surface area (Å²) in [7, 11) is -2.06. The molecule has 0 fully saturated rings. The first-order chi connectivity index (χ1) is 3.72. The molecule has 0 atom stereocenters. The Balaban J connectivity index is 3.82. The lowest BCUT2D eigenvalue weighted by Gasteiger charge is -1.87. The number of carbonyl (C=O) groups is 1. The first-order valence-electron chi connectivity index (χ1n) is 1.97. The maximum atomic E-state index is 10.3. The summed E-state index contributed by atoms with van der Waals surface area (Å²) >= 11 is 0. The topological polar surface area (TPSA) is 43.4 Å². The normalized spacial score (nSPS) is 8.00. The molecule has 0 spiro atoms. The van der Waals surface area contributed by atoms with Crippen LogP contribution in [0.3, 0.4) is 0 Å². The van der Waals surface area contributed by atoms with Gasteiger partial charge in [-0.15, -0.1) is 0 Å². The summed E-state index contributed by atoms with van der Waals surface area (Å²) in [5.41, 5.74) is 0. The van der Waals surface area contributed by atoms with E-state index in [2.05, 4.69) is 10.7 Å². The number of carbonyl (C=O) groups excluding carboxylic acids is 1. The van der Waals surface area contributed by atoms with Gasteiger partial charge in [-0.3, -0.25) is 4.79 Å². The van der Waals surface area contributed by atoms with Crippen molar-refractivity contribution in [3.05, 3.63) is 12.7 Å². The van der Waals surface area contributed by atoms with Crippen LogP contribution in [0.2, 0.25) is 0 Å². The summed E-state index contributed by atoms with van der Waals surface area (Å²) < 4.78 is 14.7. The first-order valence-corrected chi connectivity index (χ1v) is 4.10. The molecule has 0 bridgehead atoms. The van der Waals surface area contributed by atoms with Gasteiger partial charge in [0, 0.05) is 0 Å². The quantitative estimate of drug-likeness (QED) is 0.359. The largest absolute Gasteiger partial charge is 0.582 e. The Kier molecular flexibility index (Phi) is 3.21. The molecule has 0 unspecified atom stereocenters. The summed E-state index contributed by atoms with van der Waals surface area (Å²) in [5.74, 6) is 0. The highest BCUT2D eigenvalue weighted by Crippen LogP contribution is 1.73. The van der Waals surface area contributed by atoms with Crippen molar-refractivity contribution in [2.24, 2.45) is 0 Å². The van der Waals surface area contributed by atoms with Gasteiger partial charge >= 0.3 is 8.93 Å². The van der Waals surface area contributed by atoms with Gasteiger partial charge in [-0.05, 0) is 6.08 Å². The van der Waals surface area contributed by atoms with E-state index < -0.39 is 14.3 Å². The van der Waals surface area contributed by atoms with Crippen molar-refractivity contribution in [3.63, 3.8) is 0 Å². The third-order valence-electron chi connectivity index (χ3n) is 0.572. The highest BCUT2D eigenvalue weighted by atomic mass is 28.3. The number of allylic oxidation sites excluding steroid dienone is 1. The lowest BCUT2D eigenvalue weighted by Crippen LogP contribution is -2.15. The number of hydrogen-bond acceptors (Lipinski definition) is 3. The zero-order valence-electron chi connectivity index (χ0n) is 4.51. The molecule has 0 N–H and O–H groups in total. The van der Waals surface area contributed by atoms with E-state index in [-0.39, 0.29) is 0 Å². The fourth-order valence-electron chi connectivity index (χ4n) is 0.184. The minimum Gasteiger partial charge on any atom is -0.582 e. The molecule has 5 heteroatoms. The van der Waals surface area contributed by atoms with E-state index >= 15 is 0 Å². The molecule has 0 heterocycles. The van der Waals surface area contributed by atoms with Crippen LogP contribution in [-0.4, -0.2) is 24.8 Å². The predicted molar refractivity (Wildman–Crippen MR) is 32.7 cm³/mol. The van der Waals surface area contributed by atoms with Crippen LogP contribution in [0, 0.1) is 0 Å². The summed E-state index contributed by atoms with van der Waals surface area (Å²) in [4.78, 5) is 10.3. The second-order valence-corrected chi connectivity index (χ2v) is 3.76. The van der Waals surface area contributed by atoms with Crippen molar-refractivity contribution < 1.29 is 13.4 Å². The zero-order valence-corrected chi connectivity index (χ0v) is 7.51. The average molecular weight is 146 g/mol. The van der Waals surface area contributed by atoms with E-state index in [0.29, 0.717) is 10.5 Å². The molecule has 0 saturated heterocycles. The molecule has 0 radical (unpaired) electrons. The molecule has 0 aliphatic heterocycles. The van der Waals surface area contributed by atoms with Gasteiger partial charge in [0.1, 0.15) is 0 Å². The van der Waals surface area contributed by atoms with Gasteiger partial charge < -0.3 is 8.58 Å². The van der Waals surface area contributed by atoms with E-state index in [1.54, 1.807) is 0 Å². The average Bonchev–Trinajstić information content (AvgIpc) is 1.84. The molecule has 0 rings (SSSR count). The van der Waals surface area contributed by atoms with E-state index in [0.717, 1.165) is 6.08 Å². The highest BCUT2D eigenvalue weighted by molar-refractivity contribution is 6.78. The Hall–Kier alpha value is -0.556. The summed E-state index contributed by atoms with van der Waals surface area (Å²) in [6.07, 6.45) is 1.01. The molecule has 0 saturated carbocycles. The van der Waals surface area contributed by atoms with Crippen LogP contribution in [0.15, 0.2) is 12.7 Å². The lowest BCUT2D eigenvalue weighted by molar-refractivity contribution is -0.109. The van der Waals surface area contributed by atoms with E-state index in [1.165, 1.54) is 0 Å². The van der Waals surface area contributed by atoms with E-state index in [9.17, 15) is 9.26 Å². The SMILES string of the molecule is C=CC(=O)[Si](=O)O[SiH3]. The van der Waals surface area contributed by atoms with Crippen molar-refractivity contribution in [3.8, 4) is 0 Å². The van der Waals surface area contributed by atoms with Crippen molar-refractivity contribution in [2.45, 2.75) is 0 Å². The molecular formula is C3H6O3Si2. The van der Waals surface area contributed by atoms with Crippen LogP contribution in [-0.2, 0) is 13.4 Å². The molecule has 0 amide bonds. The second kappa shape index (κ2) is 3.45. The fraction of sp³-hybridized carbons (Fsp3) is 0. The fourth-order valence-corrected chi connectivity index (χ4v) is 1.16. The van der Waals surface area contributed by atoms with Crippen molar-refractivity contribution in [1.29, 1.82) is 0 Å². The van der Waals surface area contributed by atoms with Gasteiger partial charge in [0.25, 0.3) is 0 Å². The van der Waals surface area contributed by atoms with Crippen molar-refractivity contribution in [2.75, 3.05) is 0 Å². The van der Waals surface area contributed by atoms with Crippen LogP contribution in [0.4, 0.5) is 0 Å². The minimum absolute atomic E-state index is 0.339. The number of hydrogen-bond donors (Lipinski definition) is 0. The Morgan fingerprint density at radius 1 is 1.88 bits per heavy atom. The van der Waals surface area contributed by atoms with Crippen LogP contribution >= 0.6 is 0 Å². The second-order valence-electron chi connectivity index (χ2n) is 1.06. The Morgan fingerprint density at radius 3 is 2.50 bits per heavy atom. The molecule has 0 aliphatic rings. The summed E-state index contributed by atoms with van der Waals surface area (Å²) in [6, 6.07) is 0. The molecule has 44 valence electrons. The van der Waals surface area contributed by atoms with Crippen LogP contribution in [0.1, 0.15) is 0 Å². The predicted octanol–water partition coefficient (Wildman–Crippen LogP) is -1.50. The molecule has 3 nitrogen and oxygen atoms in total. The molecule has 0 aliphatic carbocycles. The third-order valence-corrected chi connectivity index (χ3v) is 2.66. The standard InChI is InChI=1S/C3H6O3Si2/c1-2-3(4)8(5)6-7/h2H,1H2,7H3. The van der Waals surface area contributed by atoms with Crippen molar-refractivity contribution in [1.82, 2.24) is 0 Å². The van der Waals surface area contributed by atoms with Gasteiger partial charge in [-0.1, -0.05) is 6.58 Å². The Labute approximate surface area is 51.7 Å². The molecule has 0 aromatic carbocycles. The summed E-state index contributed by atoms with van der Waals surface area (Å²) in [5, 5.41) is -0.495. The highest BCUT2D eigenvalue weighted by Gasteiger charge is 2.11. The zero-order chi connectivity index (χ0) is 6.57. The van der Waals surface area contributed by atoms with Crippen LogP contribution in [0.5, 0.6) is 0 Å². The van der Waals surface area contributed by atoms with Crippen molar-refractivity contribution >= 4 is 24.8 Å². The van der Waals surface area contributed by atoms with Gasteiger partial charge in [0.2, 0.25) is 5.41 Å². The monoisotopic (exact) mass is 146 g/mol. The minimum atomic E-state index is -2.40. The van der Waals surface area contributed by atoms with Gasteiger partial charge in [0.15, 0.2) is 10.5 Å². The lowest BCUT2D eigenvalue weighted by atomic mass is 10.7. The van der Waals surface area contributed by atoms with Gasteiger partial charge in [-0.2, -0.15) is 0 Å². The first kappa shape index (κ1) is 7.44.